The van der Waals surface area contributed by atoms with E-state index in [0.717, 1.165) is 24.2 Å². The van der Waals surface area contributed by atoms with Crippen LogP contribution in [-0.4, -0.2) is 13.1 Å². The lowest BCUT2D eigenvalue weighted by Crippen LogP contribution is -2.18. The van der Waals surface area contributed by atoms with E-state index >= 15 is 0 Å². The van der Waals surface area contributed by atoms with Gasteiger partial charge in [0.05, 0.1) is 11.6 Å². The predicted octanol–water partition coefficient (Wildman–Crippen LogP) is 3.21. The smallest absolute Gasteiger partial charge is 0.0997 e. The molecule has 90 valence electrons. The molecule has 0 fully saturated rings. The summed E-state index contributed by atoms with van der Waals surface area (Å²) in [6.07, 6.45) is 2.13. The second-order valence-electron chi connectivity index (χ2n) is 4.35. The van der Waals surface area contributed by atoms with Gasteiger partial charge in [-0.2, -0.15) is 5.26 Å². The van der Waals surface area contributed by atoms with Crippen LogP contribution >= 0.6 is 0 Å². The van der Waals surface area contributed by atoms with Crippen LogP contribution in [0.1, 0.15) is 31.9 Å². The molecule has 17 heavy (non-hydrogen) atoms. The molecule has 2 nitrogen and oxygen atoms in total. The highest BCUT2D eigenvalue weighted by atomic mass is 14.8. The summed E-state index contributed by atoms with van der Waals surface area (Å²) < 4.78 is 0. The van der Waals surface area contributed by atoms with Crippen molar-refractivity contribution in [3.8, 4) is 6.07 Å². The molecule has 0 aliphatic heterocycles. The Morgan fingerprint density at radius 3 is 2.71 bits per heavy atom. The highest BCUT2D eigenvalue weighted by Crippen LogP contribution is 2.16. The van der Waals surface area contributed by atoms with E-state index in [4.69, 9.17) is 5.26 Å². The summed E-state index contributed by atoms with van der Waals surface area (Å²) in [6, 6.07) is 9.95. The molecule has 0 bridgehead atoms. The van der Waals surface area contributed by atoms with Crippen LogP contribution in [-0.2, 0) is 0 Å². The van der Waals surface area contributed by atoms with Gasteiger partial charge in [-0.25, -0.2) is 0 Å². The van der Waals surface area contributed by atoms with Crippen LogP contribution < -0.4 is 5.32 Å². The standard InChI is InChI=1S/C15H20N2/c1-4-17-11-15(12(2)3)9-13-7-5-6-8-14(13)10-16/h5-9,12,17H,4,11H2,1-3H3/b15-9-. The number of likely N-dealkylation sites (N-methyl/N-ethyl adjacent to an activating group) is 1. The molecule has 1 N–H and O–H groups in total. The fourth-order valence-electron chi connectivity index (χ4n) is 1.62. The predicted molar refractivity (Wildman–Crippen MR) is 72.5 cm³/mol. The van der Waals surface area contributed by atoms with E-state index in [0.29, 0.717) is 5.92 Å². The Balaban J connectivity index is 3.00. The highest BCUT2D eigenvalue weighted by Gasteiger charge is 2.05. The van der Waals surface area contributed by atoms with Gasteiger partial charge in [0.25, 0.3) is 0 Å². The first-order chi connectivity index (χ1) is 8.19. The zero-order valence-electron chi connectivity index (χ0n) is 10.8. The summed E-state index contributed by atoms with van der Waals surface area (Å²) in [5.74, 6) is 0.487. The molecule has 0 saturated heterocycles. The molecular formula is C15H20N2. The molecule has 1 aromatic rings. The van der Waals surface area contributed by atoms with Crippen molar-refractivity contribution in [3.63, 3.8) is 0 Å². The quantitative estimate of drug-likeness (QED) is 0.840. The molecule has 0 aromatic heterocycles. The Labute approximate surface area is 104 Å². The third-order valence-corrected chi connectivity index (χ3v) is 2.74. The van der Waals surface area contributed by atoms with E-state index in [1.807, 2.05) is 24.3 Å². The fourth-order valence-corrected chi connectivity index (χ4v) is 1.62. The van der Waals surface area contributed by atoms with Gasteiger partial charge in [0.1, 0.15) is 0 Å². The lowest BCUT2D eigenvalue weighted by molar-refractivity contribution is 0.682. The number of nitrogens with one attached hydrogen (secondary N) is 1. The number of hydrogen-bond acceptors (Lipinski definition) is 2. The van der Waals surface area contributed by atoms with Crippen LogP contribution in [0.25, 0.3) is 6.08 Å². The molecule has 0 spiro atoms. The van der Waals surface area contributed by atoms with Crippen LogP contribution in [0.15, 0.2) is 29.8 Å². The summed E-state index contributed by atoms with van der Waals surface area (Å²) in [6.45, 7) is 8.30. The van der Waals surface area contributed by atoms with E-state index < -0.39 is 0 Å². The number of nitriles is 1. The average Bonchev–Trinajstić information content (AvgIpc) is 2.34. The Hall–Kier alpha value is -1.59. The first-order valence-corrected chi connectivity index (χ1v) is 6.09. The molecule has 0 atom stereocenters. The highest BCUT2D eigenvalue weighted by molar-refractivity contribution is 5.60. The summed E-state index contributed by atoms with van der Waals surface area (Å²) in [5.41, 5.74) is 3.08. The summed E-state index contributed by atoms with van der Waals surface area (Å²) in [5, 5.41) is 12.4. The zero-order chi connectivity index (χ0) is 12.7. The Bertz CT molecular complexity index is 425. The topological polar surface area (TPSA) is 35.8 Å². The van der Waals surface area contributed by atoms with Gasteiger partial charge in [-0.05, 0) is 24.1 Å². The molecule has 0 aliphatic carbocycles. The molecule has 0 unspecified atom stereocenters. The Morgan fingerprint density at radius 2 is 2.12 bits per heavy atom. The summed E-state index contributed by atoms with van der Waals surface area (Å²) in [4.78, 5) is 0. The number of rotatable bonds is 5. The third-order valence-electron chi connectivity index (χ3n) is 2.74. The SMILES string of the molecule is CCNC/C(=C/c1ccccc1C#N)C(C)C. The van der Waals surface area contributed by atoms with Gasteiger partial charge in [0.15, 0.2) is 0 Å². The van der Waals surface area contributed by atoms with Crippen molar-refractivity contribution >= 4 is 6.08 Å². The van der Waals surface area contributed by atoms with Gasteiger partial charge < -0.3 is 5.32 Å². The van der Waals surface area contributed by atoms with Gasteiger partial charge in [0.2, 0.25) is 0 Å². The van der Waals surface area contributed by atoms with E-state index in [2.05, 4.69) is 38.2 Å². The second kappa shape index (κ2) is 6.88. The van der Waals surface area contributed by atoms with Crippen LogP contribution in [0.5, 0.6) is 0 Å². The fraction of sp³-hybridized carbons (Fsp3) is 0.400. The lowest BCUT2D eigenvalue weighted by Gasteiger charge is -2.12. The van der Waals surface area contributed by atoms with Crippen molar-refractivity contribution in [2.24, 2.45) is 5.92 Å². The van der Waals surface area contributed by atoms with Crippen LogP contribution in [0.3, 0.4) is 0 Å². The normalized spacial score (nSPS) is 11.6. The molecule has 0 amide bonds. The van der Waals surface area contributed by atoms with Crippen molar-refractivity contribution < 1.29 is 0 Å². The van der Waals surface area contributed by atoms with Gasteiger partial charge in [0, 0.05) is 6.54 Å². The third kappa shape index (κ3) is 4.05. The first kappa shape index (κ1) is 13.5. The number of hydrogen-bond donors (Lipinski definition) is 1. The van der Waals surface area contributed by atoms with Gasteiger partial charge >= 0.3 is 0 Å². The Kier molecular flexibility index (Phi) is 5.45. The minimum atomic E-state index is 0.487. The van der Waals surface area contributed by atoms with Crippen molar-refractivity contribution in [3.05, 3.63) is 41.0 Å². The maximum atomic E-state index is 9.05. The molecule has 1 rings (SSSR count). The van der Waals surface area contributed by atoms with Crippen LogP contribution in [0.2, 0.25) is 0 Å². The summed E-state index contributed by atoms with van der Waals surface area (Å²) in [7, 11) is 0. The molecule has 2 heteroatoms. The monoisotopic (exact) mass is 228 g/mol. The zero-order valence-corrected chi connectivity index (χ0v) is 10.8. The van der Waals surface area contributed by atoms with Crippen LogP contribution in [0, 0.1) is 17.2 Å². The number of benzene rings is 1. The molecule has 0 heterocycles. The molecule has 0 radical (unpaired) electrons. The van der Waals surface area contributed by atoms with Crippen molar-refractivity contribution in [2.75, 3.05) is 13.1 Å². The number of nitrogens with zero attached hydrogens (tertiary/aromatic N) is 1. The van der Waals surface area contributed by atoms with E-state index in [1.165, 1.54) is 5.57 Å². The van der Waals surface area contributed by atoms with Gasteiger partial charge in [-0.15, -0.1) is 0 Å². The molecular weight excluding hydrogens is 208 g/mol. The van der Waals surface area contributed by atoms with E-state index in [9.17, 15) is 0 Å². The van der Waals surface area contributed by atoms with Gasteiger partial charge in [-0.3, -0.25) is 0 Å². The van der Waals surface area contributed by atoms with Crippen molar-refractivity contribution in [1.29, 1.82) is 5.26 Å². The molecule has 0 saturated carbocycles. The maximum absolute atomic E-state index is 9.05. The first-order valence-electron chi connectivity index (χ1n) is 6.09. The average molecular weight is 228 g/mol. The minimum Gasteiger partial charge on any atom is -0.313 e. The van der Waals surface area contributed by atoms with Gasteiger partial charge in [-0.1, -0.05) is 50.6 Å². The molecule has 1 aromatic carbocycles. The Morgan fingerprint density at radius 1 is 1.41 bits per heavy atom. The van der Waals surface area contributed by atoms with Crippen molar-refractivity contribution in [2.45, 2.75) is 20.8 Å². The van der Waals surface area contributed by atoms with Crippen molar-refractivity contribution in [1.82, 2.24) is 5.32 Å². The maximum Gasteiger partial charge on any atom is 0.0997 e. The largest absolute Gasteiger partial charge is 0.313 e. The second-order valence-corrected chi connectivity index (χ2v) is 4.35. The van der Waals surface area contributed by atoms with Crippen LogP contribution in [0.4, 0.5) is 0 Å². The van der Waals surface area contributed by atoms with E-state index in [-0.39, 0.29) is 0 Å². The molecule has 0 aliphatic rings. The lowest BCUT2D eigenvalue weighted by atomic mass is 9.98. The summed E-state index contributed by atoms with van der Waals surface area (Å²) >= 11 is 0. The minimum absolute atomic E-state index is 0.487. The van der Waals surface area contributed by atoms with E-state index in [1.54, 1.807) is 0 Å².